The maximum absolute atomic E-state index is 12.0. The van der Waals surface area contributed by atoms with Crippen LogP contribution in [0.2, 0.25) is 0 Å². The Labute approximate surface area is 112 Å². The van der Waals surface area contributed by atoms with Crippen LogP contribution in [-0.4, -0.2) is 38.7 Å². The summed E-state index contributed by atoms with van der Waals surface area (Å²) in [5, 5.41) is 13.7. The number of nitrogens with zero attached hydrogens (tertiary/aromatic N) is 3. The maximum atomic E-state index is 12.0. The molecule has 1 aromatic rings. The predicted molar refractivity (Wildman–Crippen MR) is 68.4 cm³/mol. The Balaban J connectivity index is 2.47. The third-order valence-corrected chi connectivity index (χ3v) is 3.78. The molecule has 0 spiro atoms. The van der Waals surface area contributed by atoms with Crippen molar-refractivity contribution in [3.05, 3.63) is 17.5 Å². The Morgan fingerprint density at radius 3 is 2.68 bits per heavy atom. The van der Waals surface area contributed by atoms with Gasteiger partial charge in [-0.1, -0.05) is 0 Å². The van der Waals surface area contributed by atoms with Crippen molar-refractivity contribution < 1.29 is 14.7 Å². The second-order valence-electron chi connectivity index (χ2n) is 5.13. The van der Waals surface area contributed by atoms with E-state index in [0.717, 1.165) is 11.3 Å². The van der Waals surface area contributed by atoms with Gasteiger partial charge in [-0.3, -0.25) is 14.3 Å². The Morgan fingerprint density at radius 2 is 2.16 bits per heavy atom. The molecule has 1 aromatic heterocycles. The SMILES string of the molecule is Cc1nn(C)cc1C1C(C(=O)O)CCCC(=O)N1C. The van der Waals surface area contributed by atoms with Crippen LogP contribution in [0.3, 0.4) is 0 Å². The van der Waals surface area contributed by atoms with Crippen molar-refractivity contribution in [1.82, 2.24) is 14.7 Å². The molecular formula is C13H19N3O3. The average molecular weight is 265 g/mol. The van der Waals surface area contributed by atoms with E-state index >= 15 is 0 Å². The number of carbonyl (C=O) groups is 2. The summed E-state index contributed by atoms with van der Waals surface area (Å²) in [6, 6.07) is -0.429. The summed E-state index contributed by atoms with van der Waals surface area (Å²) in [4.78, 5) is 25.1. The van der Waals surface area contributed by atoms with Crippen LogP contribution in [0.5, 0.6) is 0 Å². The lowest BCUT2D eigenvalue weighted by Gasteiger charge is -2.30. The van der Waals surface area contributed by atoms with Crippen LogP contribution in [0.25, 0.3) is 0 Å². The molecule has 104 valence electrons. The quantitative estimate of drug-likeness (QED) is 0.869. The van der Waals surface area contributed by atoms with E-state index in [1.54, 1.807) is 23.7 Å². The highest BCUT2D eigenvalue weighted by Crippen LogP contribution is 2.36. The number of likely N-dealkylation sites (tertiary alicyclic amines) is 1. The molecule has 0 aromatic carbocycles. The molecule has 1 amide bonds. The van der Waals surface area contributed by atoms with Crippen LogP contribution in [0.15, 0.2) is 6.20 Å². The van der Waals surface area contributed by atoms with Crippen molar-refractivity contribution >= 4 is 11.9 Å². The number of amides is 1. The van der Waals surface area contributed by atoms with Gasteiger partial charge in [-0.05, 0) is 19.8 Å². The lowest BCUT2D eigenvalue weighted by atomic mass is 9.90. The number of carbonyl (C=O) groups excluding carboxylic acids is 1. The van der Waals surface area contributed by atoms with Gasteiger partial charge < -0.3 is 10.0 Å². The molecule has 0 bridgehead atoms. The number of hydrogen-bond acceptors (Lipinski definition) is 3. The fraction of sp³-hybridized carbons (Fsp3) is 0.615. The minimum atomic E-state index is -0.852. The smallest absolute Gasteiger partial charge is 0.308 e. The van der Waals surface area contributed by atoms with E-state index in [-0.39, 0.29) is 5.91 Å². The summed E-state index contributed by atoms with van der Waals surface area (Å²) < 4.78 is 1.66. The summed E-state index contributed by atoms with van der Waals surface area (Å²) in [7, 11) is 3.48. The Kier molecular flexibility index (Phi) is 3.59. The molecule has 19 heavy (non-hydrogen) atoms. The minimum Gasteiger partial charge on any atom is -0.481 e. The van der Waals surface area contributed by atoms with Crippen LogP contribution in [0, 0.1) is 12.8 Å². The van der Waals surface area contributed by atoms with Gasteiger partial charge in [0.25, 0.3) is 0 Å². The molecule has 0 radical (unpaired) electrons. The zero-order chi connectivity index (χ0) is 14.2. The fourth-order valence-corrected chi connectivity index (χ4v) is 2.82. The standard InChI is InChI=1S/C13H19N3O3/c1-8-10(7-15(2)14-8)12-9(13(18)19)5-4-6-11(17)16(12)3/h7,9,12H,4-6H2,1-3H3,(H,18,19). The lowest BCUT2D eigenvalue weighted by molar-refractivity contribution is -0.145. The van der Waals surface area contributed by atoms with Crippen LogP contribution in [-0.2, 0) is 16.6 Å². The highest BCUT2D eigenvalue weighted by atomic mass is 16.4. The van der Waals surface area contributed by atoms with E-state index in [0.29, 0.717) is 19.3 Å². The van der Waals surface area contributed by atoms with E-state index in [2.05, 4.69) is 5.10 Å². The summed E-state index contributed by atoms with van der Waals surface area (Å²) in [5.41, 5.74) is 1.60. The van der Waals surface area contributed by atoms with Gasteiger partial charge in [-0.25, -0.2) is 0 Å². The van der Waals surface area contributed by atoms with E-state index in [1.165, 1.54) is 0 Å². The molecule has 0 saturated carbocycles. The monoisotopic (exact) mass is 265 g/mol. The van der Waals surface area contributed by atoms with E-state index in [9.17, 15) is 14.7 Å². The van der Waals surface area contributed by atoms with Crippen molar-refractivity contribution in [2.45, 2.75) is 32.2 Å². The molecule has 1 saturated heterocycles. The minimum absolute atomic E-state index is 0.00277. The van der Waals surface area contributed by atoms with Gasteiger partial charge in [-0.2, -0.15) is 5.10 Å². The number of aliphatic carboxylic acids is 1. The number of rotatable bonds is 2. The average Bonchev–Trinajstić information content (AvgIpc) is 2.57. The first-order valence-corrected chi connectivity index (χ1v) is 6.40. The number of carboxylic acid groups (broad SMARTS) is 1. The molecule has 2 rings (SSSR count). The fourth-order valence-electron chi connectivity index (χ4n) is 2.82. The van der Waals surface area contributed by atoms with Gasteiger partial charge in [-0.15, -0.1) is 0 Å². The van der Waals surface area contributed by atoms with Gasteiger partial charge >= 0.3 is 5.97 Å². The third kappa shape index (κ3) is 2.47. The van der Waals surface area contributed by atoms with Crippen LogP contribution < -0.4 is 0 Å². The molecule has 0 aliphatic carbocycles. The van der Waals surface area contributed by atoms with Crippen molar-refractivity contribution in [3.8, 4) is 0 Å². The van der Waals surface area contributed by atoms with Crippen molar-refractivity contribution in [2.24, 2.45) is 13.0 Å². The Morgan fingerprint density at radius 1 is 1.47 bits per heavy atom. The van der Waals surface area contributed by atoms with Crippen LogP contribution in [0.1, 0.15) is 36.6 Å². The van der Waals surface area contributed by atoms with Crippen LogP contribution >= 0.6 is 0 Å². The highest BCUT2D eigenvalue weighted by Gasteiger charge is 2.38. The second kappa shape index (κ2) is 5.03. The zero-order valence-corrected chi connectivity index (χ0v) is 11.5. The highest BCUT2D eigenvalue weighted by molar-refractivity contribution is 5.79. The van der Waals surface area contributed by atoms with Crippen molar-refractivity contribution in [1.29, 1.82) is 0 Å². The molecule has 1 aliphatic heterocycles. The number of hydrogen-bond donors (Lipinski definition) is 1. The van der Waals surface area contributed by atoms with Gasteiger partial charge in [0.05, 0.1) is 17.7 Å². The van der Waals surface area contributed by atoms with Gasteiger partial charge in [0.1, 0.15) is 0 Å². The van der Waals surface area contributed by atoms with Gasteiger partial charge in [0.2, 0.25) is 5.91 Å². The first-order valence-electron chi connectivity index (χ1n) is 6.40. The van der Waals surface area contributed by atoms with E-state index in [4.69, 9.17) is 0 Å². The van der Waals surface area contributed by atoms with Gasteiger partial charge in [0, 0.05) is 32.3 Å². The molecule has 2 unspecified atom stereocenters. The molecule has 1 N–H and O–H groups in total. The van der Waals surface area contributed by atoms with Crippen LogP contribution in [0.4, 0.5) is 0 Å². The first-order chi connectivity index (χ1) is 8.91. The molecule has 6 nitrogen and oxygen atoms in total. The number of aryl methyl sites for hydroxylation is 2. The van der Waals surface area contributed by atoms with Crippen molar-refractivity contribution in [2.75, 3.05) is 7.05 Å². The van der Waals surface area contributed by atoms with Crippen molar-refractivity contribution in [3.63, 3.8) is 0 Å². The summed E-state index contributed by atoms with van der Waals surface area (Å²) in [6.07, 6.45) is 3.36. The molecule has 6 heteroatoms. The zero-order valence-electron chi connectivity index (χ0n) is 11.5. The molecular weight excluding hydrogens is 246 g/mol. The van der Waals surface area contributed by atoms with E-state index in [1.807, 2.05) is 13.1 Å². The lowest BCUT2D eigenvalue weighted by Crippen LogP contribution is -2.36. The summed E-state index contributed by atoms with van der Waals surface area (Å²) in [6.45, 7) is 1.84. The Bertz CT molecular complexity index is 509. The summed E-state index contributed by atoms with van der Waals surface area (Å²) in [5.74, 6) is -1.42. The Hall–Kier alpha value is -1.85. The molecule has 1 aliphatic rings. The normalized spacial score (nSPS) is 24.4. The van der Waals surface area contributed by atoms with E-state index < -0.39 is 17.9 Å². The topological polar surface area (TPSA) is 75.4 Å². The largest absolute Gasteiger partial charge is 0.481 e. The summed E-state index contributed by atoms with van der Waals surface area (Å²) >= 11 is 0. The molecule has 2 atom stereocenters. The molecule has 1 fully saturated rings. The maximum Gasteiger partial charge on any atom is 0.308 e. The number of aromatic nitrogens is 2. The molecule has 2 heterocycles. The predicted octanol–water partition coefficient (Wildman–Crippen LogP) is 1.11. The number of carboxylic acids is 1. The second-order valence-corrected chi connectivity index (χ2v) is 5.13. The third-order valence-electron chi connectivity index (χ3n) is 3.78. The first kappa shape index (κ1) is 13.6. The van der Waals surface area contributed by atoms with Gasteiger partial charge in [0.15, 0.2) is 0 Å².